The van der Waals surface area contributed by atoms with Gasteiger partial charge in [0, 0.05) is 37.6 Å². The van der Waals surface area contributed by atoms with Crippen molar-refractivity contribution in [1.29, 1.82) is 0 Å². The third-order valence-electron chi connectivity index (χ3n) is 7.65. The molecule has 6 nitrogen and oxygen atoms in total. The van der Waals surface area contributed by atoms with Crippen molar-refractivity contribution in [3.63, 3.8) is 0 Å². The van der Waals surface area contributed by atoms with Crippen molar-refractivity contribution in [1.82, 2.24) is 10.3 Å². The topological polar surface area (TPSA) is 86.3 Å². The van der Waals surface area contributed by atoms with Crippen LogP contribution in [-0.4, -0.2) is 42.2 Å². The molecule has 1 heterocycles. The van der Waals surface area contributed by atoms with E-state index in [0.717, 1.165) is 53.1 Å². The molecule has 31 heavy (non-hydrogen) atoms. The number of aromatic nitrogens is 1. The van der Waals surface area contributed by atoms with Gasteiger partial charge in [-0.1, -0.05) is 0 Å². The Balaban J connectivity index is 1.27. The van der Waals surface area contributed by atoms with E-state index in [4.69, 9.17) is 5.11 Å². The van der Waals surface area contributed by atoms with E-state index in [1.54, 1.807) is 6.20 Å². The number of amides is 1. The molecule has 6 rings (SSSR count). The van der Waals surface area contributed by atoms with Gasteiger partial charge >= 0.3 is 0 Å². The van der Waals surface area contributed by atoms with Gasteiger partial charge in [-0.3, -0.25) is 9.78 Å². The Morgan fingerprint density at radius 2 is 1.71 bits per heavy atom. The third kappa shape index (κ3) is 4.41. The average molecular weight is 423 g/mol. The van der Waals surface area contributed by atoms with Crippen LogP contribution in [0.1, 0.15) is 44.9 Å². The predicted octanol–water partition coefficient (Wildman–Crippen LogP) is 3.77. The van der Waals surface area contributed by atoms with E-state index in [9.17, 15) is 4.79 Å². The smallest absolute Gasteiger partial charge is 0.224 e. The first-order valence-electron chi connectivity index (χ1n) is 11.9. The van der Waals surface area contributed by atoms with Crippen LogP contribution < -0.4 is 16.0 Å². The van der Waals surface area contributed by atoms with Crippen LogP contribution in [0, 0.1) is 23.2 Å². The molecule has 4 bridgehead atoms. The van der Waals surface area contributed by atoms with Gasteiger partial charge in [-0.15, -0.1) is 0 Å². The van der Waals surface area contributed by atoms with E-state index in [1.165, 1.54) is 38.5 Å². The number of carbonyl (C=O) groups is 1. The number of aliphatic hydroxyl groups is 1. The number of anilines is 2. The number of hydrogen-bond acceptors (Lipinski definition) is 5. The highest BCUT2D eigenvalue weighted by Gasteiger charge is 2.51. The number of hydrogen-bond donors (Lipinski definition) is 4. The SMILES string of the molecule is O=C(CC12CC3CC(CC(C3)C1)C2)Nc1ccc(NCCNCCO)c2ncccc12. The zero-order valence-corrected chi connectivity index (χ0v) is 18.2. The number of aliphatic hydroxyl groups excluding tert-OH is 1. The fraction of sp³-hybridized carbons (Fsp3) is 0.600. The molecular formula is C25H34N4O2. The summed E-state index contributed by atoms with van der Waals surface area (Å²) in [6.45, 7) is 2.24. The Bertz CT molecular complexity index is 909. The minimum Gasteiger partial charge on any atom is -0.395 e. The molecule has 0 spiro atoms. The monoisotopic (exact) mass is 422 g/mol. The fourth-order valence-corrected chi connectivity index (χ4v) is 6.96. The summed E-state index contributed by atoms with van der Waals surface area (Å²) in [4.78, 5) is 17.7. The largest absolute Gasteiger partial charge is 0.395 e. The summed E-state index contributed by atoms with van der Waals surface area (Å²) in [5, 5.41) is 19.6. The maximum absolute atomic E-state index is 13.1. The lowest BCUT2D eigenvalue weighted by molar-refractivity contribution is -0.124. The number of pyridine rings is 1. The van der Waals surface area contributed by atoms with Gasteiger partial charge in [-0.2, -0.15) is 0 Å². The number of carbonyl (C=O) groups excluding carboxylic acids is 1. The van der Waals surface area contributed by atoms with Crippen molar-refractivity contribution in [2.24, 2.45) is 23.2 Å². The van der Waals surface area contributed by atoms with Crippen molar-refractivity contribution < 1.29 is 9.90 Å². The number of fused-ring (bicyclic) bond motifs is 1. The average Bonchev–Trinajstić information content (AvgIpc) is 2.73. The van der Waals surface area contributed by atoms with Crippen LogP contribution in [0.3, 0.4) is 0 Å². The molecule has 0 saturated heterocycles. The normalized spacial score (nSPS) is 28.7. The van der Waals surface area contributed by atoms with Crippen molar-refractivity contribution in [2.75, 3.05) is 36.9 Å². The molecule has 4 saturated carbocycles. The Morgan fingerprint density at radius 3 is 2.42 bits per heavy atom. The van der Waals surface area contributed by atoms with Gasteiger partial charge in [0.05, 0.1) is 23.5 Å². The van der Waals surface area contributed by atoms with E-state index < -0.39 is 0 Å². The summed E-state index contributed by atoms with van der Waals surface area (Å²) >= 11 is 0. The molecule has 1 aromatic carbocycles. The van der Waals surface area contributed by atoms with Crippen LogP contribution in [0.25, 0.3) is 10.9 Å². The first kappa shape index (κ1) is 20.7. The molecule has 0 radical (unpaired) electrons. The predicted molar refractivity (Wildman–Crippen MR) is 124 cm³/mol. The maximum atomic E-state index is 13.1. The summed E-state index contributed by atoms with van der Waals surface area (Å²) < 4.78 is 0. The minimum atomic E-state index is 0.141. The Kier molecular flexibility index (Phi) is 5.85. The van der Waals surface area contributed by atoms with E-state index >= 15 is 0 Å². The van der Waals surface area contributed by atoms with Crippen LogP contribution >= 0.6 is 0 Å². The lowest BCUT2D eigenvalue weighted by Gasteiger charge is -2.56. The molecule has 166 valence electrons. The molecule has 6 heteroatoms. The van der Waals surface area contributed by atoms with Crippen LogP contribution in [0.15, 0.2) is 30.5 Å². The number of benzene rings is 1. The second kappa shape index (κ2) is 8.75. The van der Waals surface area contributed by atoms with Gasteiger partial charge in [0.1, 0.15) is 0 Å². The van der Waals surface area contributed by atoms with Gasteiger partial charge in [0.15, 0.2) is 0 Å². The maximum Gasteiger partial charge on any atom is 0.224 e. The second-order valence-electron chi connectivity index (χ2n) is 10.1. The van der Waals surface area contributed by atoms with Gasteiger partial charge in [0.2, 0.25) is 5.91 Å². The van der Waals surface area contributed by atoms with E-state index in [2.05, 4.69) is 20.9 Å². The van der Waals surface area contributed by atoms with Crippen LogP contribution in [0.5, 0.6) is 0 Å². The van der Waals surface area contributed by atoms with Gasteiger partial charge < -0.3 is 21.1 Å². The van der Waals surface area contributed by atoms with Gasteiger partial charge in [0.25, 0.3) is 0 Å². The molecule has 4 N–H and O–H groups in total. The first-order chi connectivity index (χ1) is 15.1. The van der Waals surface area contributed by atoms with E-state index in [-0.39, 0.29) is 17.9 Å². The van der Waals surface area contributed by atoms with Crippen molar-refractivity contribution in [3.05, 3.63) is 30.5 Å². The Morgan fingerprint density at radius 1 is 1.00 bits per heavy atom. The second-order valence-corrected chi connectivity index (χ2v) is 10.1. The zero-order chi connectivity index (χ0) is 21.3. The summed E-state index contributed by atoms with van der Waals surface area (Å²) in [5.41, 5.74) is 2.93. The van der Waals surface area contributed by atoms with Crippen LogP contribution in [0.4, 0.5) is 11.4 Å². The molecule has 1 amide bonds. The molecular weight excluding hydrogens is 388 g/mol. The molecule has 2 aromatic rings. The molecule has 1 aromatic heterocycles. The molecule has 4 aliphatic rings. The molecule has 0 aliphatic heterocycles. The molecule has 4 fully saturated rings. The highest BCUT2D eigenvalue weighted by atomic mass is 16.3. The summed E-state index contributed by atoms with van der Waals surface area (Å²) in [5.74, 6) is 2.74. The van der Waals surface area contributed by atoms with Crippen LogP contribution in [-0.2, 0) is 4.79 Å². The lowest BCUT2D eigenvalue weighted by atomic mass is 9.49. The van der Waals surface area contributed by atoms with Crippen molar-refractivity contribution >= 4 is 28.2 Å². The van der Waals surface area contributed by atoms with Crippen molar-refractivity contribution in [3.8, 4) is 0 Å². The molecule has 0 atom stereocenters. The van der Waals surface area contributed by atoms with Crippen molar-refractivity contribution in [2.45, 2.75) is 44.9 Å². The van der Waals surface area contributed by atoms with Gasteiger partial charge in [-0.05, 0) is 86.0 Å². The minimum absolute atomic E-state index is 0.141. The standard InChI is InChI=1S/C25H34N4O2/c30-9-8-26-6-7-27-22-4-3-21(20-2-1-5-28-24(20)22)29-23(31)16-25-13-17-10-18(14-25)12-19(11-17)15-25/h1-5,17-19,26-27,30H,6-16H2,(H,29,31). The number of rotatable bonds is 9. The lowest BCUT2D eigenvalue weighted by Crippen LogP contribution is -2.47. The van der Waals surface area contributed by atoms with E-state index in [0.29, 0.717) is 13.0 Å². The molecule has 4 aliphatic carbocycles. The fourth-order valence-electron chi connectivity index (χ4n) is 6.96. The third-order valence-corrected chi connectivity index (χ3v) is 7.65. The zero-order valence-electron chi connectivity index (χ0n) is 18.2. The first-order valence-corrected chi connectivity index (χ1v) is 11.9. The Labute approximate surface area is 184 Å². The summed E-state index contributed by atoms with van der Waals surface area (Å²) in [6.07, 6.45) is 10.4. The van der Waals surface area contributed by atoms with E-state index in [1.807, 2.05) is 24.3 Å². The summed E-state index contributed by atoms with van der Waals surface area (Å²) in [6, 6.07) is 7.94. The summed E-state index contributed by atoms with van der Waals surface area (Å²) in [7, 11) is 0. The Hall–Kier alpha value is -2.18. The number of nitrogens with one attached hydrogen (secondary N) is 3. The highest BCUT2D eigenvalue weighted by molar-refractivity contribution is 6.05. The highest BCUT2D eigenvalue weighted by Crippen LogP contribution is 2.61. The van der Waals surface area contributed by atoms with Crippen LogP contribution in [0.2, 0.25) is 0 Å². The molecule has 0 unspecified atom stereocenters. The quantitative estimate of drug-likeness (QED) is 0.462. The number of nitrogens with zero attached hydrogens (tertiary/aromatic N) is 1. The van der Waals surface area contributed by atoms with Gasteiger partial charge in [-0.25, -0.2) is 0 Å².